The number of carboxylic acids is 1. The first kappa shape index (κ1) is 13.0. The molecule has 1 aromatic rings. The van der Waals surface area contributed by atoms with Crippen LogP contribution in [-0.4, -0.2) is 27.7 Å². The van der Waals surface area contributed by atoms with E-state index in [4.69, 9.17) is 9.84 Å². The van der Waals surface area contributed by atoms with Crippen molar-refractivity contribution in [1.82, 2.24) is 9.97 Å². The molecule has 2 heterocycles. The lowest BCUT2D eigenvalue weighted by molar-refractivity contribution is -0.0762. The van der Waals surface area contributed by atoms with Crippen LogP contribution in [0.4, 0.5) is 0 Å². The van der Waals surface area contributed by atoms with Crippen molar-refractivity contribution in [2.75, 3.05) is 6.61 Å². The SMILES string of the molecule is CCc1nc(C2(C)CCCCO2)ncc1C(=O)O. The third-order valence-electron chi connectivity index (χ3n) is 3.37. The van der Waals surface area contributed by atoms with Crippen molar-refractivity contribution in [1.29, 1.82) is 0 Å². The molecular weight excluding hydrogens is 232 g/mol. The minimum absolute atomic E-state index is 0.181. The van der Waals surface area contributed by atoms with E-state index in [0.717, 1.165) is 19.3 Å². The van der Waals surface area contributed by atoms with Gasteiger partial charge in [-0.3, -0.25) is 0 Å². The Hall–Kier alpha value is -1.49. The summed E-state index contributed by atoms with van der Waals surface area (Å²) in [4.78, 5) is 19.6. The first-order valence-electron chi connectivity index (χ1n) is 6.30. The minimum atomic E-state index is -0.979. The van der Waals surface area contributed by atoms with Crippen LogP contribution in [0.5, 0.6) is 0 Å². The Kier molecular flexibility index (Phi) is 3.61. The van der Waals surface area contributed by atoms with E-state index in [1.165, 1.54) is 6.20 Å². The maximum Gasteiger partial charge on any atom is 0.339 e. The molecule has 2 rings (SSSR count). The van der Waals surface area contributed by atoms with Gasteiger partial charge in [-0.25, -0.2) is 14.8 Å². The van der Waals surface area contributed by atoms with Crippen molar-refractivity contribution >= 4 is 5.97 Å². The van der Waals surface area contributed by atoms with Gasteiger partial charge in [-0.15, -0.1) is 0 Å². The molecule has 1 unspecified atom stereocenters. The average Bonchev–Trinajstić information content (AvgIpc) is 2.38. The third kappa shape index (κ3) is 2.36. The molecule has 0 bridgehead atoms. The summed E-state index contributed by atoms with van der Waals surface area (Å²) >= 11 is 0. The Morgan fingerprint density at radius 3 is 2.89 bits per heavy atom. The number of aromatic carboxylic acids is 1. The molecule has 0 radical (unpaired) electrons. The van der Waals surface area contributed by atoms with Crippen molar-refractivity contribution in [3.8, 4) is 0 Å². The van der Waals surface area contributed by atoms with Gasteiger partial charge in [-0.2, -0.15) is 0 Å². The molecular formula is C13H18N2O3. The van der Waals surface area contributed by atoms with Gasteiger partial charge in [-0.1, -0.05) is 6.92 Å². The fraction of sp³-hybridized carbons (Fsp3) is 0.615. The predicted octanol–water partition coefficient (Wildman–Crippen LogP) is 2.15. The zero-order valence-corrected chi connectivity index (χ0v) is 10.8. The summed E-state index contributed by atoms with van der Waals surface area (Å²) in [5.41, 5.74) is 0.280. The summed E-state index contributed by atoms with van der Waals surface area (Å²) in [7, 11) is 0. The van der Waals surface area contributed by atoms with Crippen LogP contribution in [0.1, 0.15) is 55.0 Å². The highest BCUT2D eigenvalue weighted by Crippen LogP contribution is 2.32. The van der Waals surface area contributed by atoms with Crippen molar-refractivity contribution in [2.45, 2.75) is 45.1 Å². The topological polar surface area (TPSA) is 72.3 Å². The lowest BCUT2D eigenvalue weighted by Crippen LogP contribution is -2.33. The largest absolute Gasteiger partial charge is 0.478 e. The number of hydrogen-bond acceptors (Lipinski definition) is 4. The van der Waals surface area contributed by atoms with E-state index >= 15 is 0 Å². The van der Waals surface area contributed by atoms with Gasteiger partial charge in [-0.05, 0) is 32.6 Å². The van der Waals surface area contributed by atoms with Gasteiger partial charge in [0.1, 0.15) is 5.60 Å². The van der Waals surface area contributed by atoms with E-state index in [0.29, 0.717) is 24.5 Å². The van der Waals surface area contributed by atoms with Crippen LogP contribution in [0, 0.1) is 0 Å². The van der Waals surface area contributed by atoms with Crippen molar-refractivity contribution < 1.29 is 14.6 Å². The molecule has 5 nitrogen and oxygen atoms in total. The Bertz CT molecular complexity index is 454. The van der Waals surface area contributed by atoms with Crippen LogP contribution < -0.4 is 0 Å². The molecule has 98 valence electrons. The Morgan fingerprint density at radius 2 is 2.33 bits per heavy atom. The summed E-state index contributed by atoms with van der Waals surface area (Å²) < 4.78 is 5.78. The molecule has 18 heavy (non-hydrogen) atoms. The summed E-state index contributed by atoms with van der Waals surface area (Å²) in [6.45, 7) is 4.58. The van der Waals surface area contributed by atoms with E-state index in [1.54, 1.807) is 0 Å². The van der Waals surface area contributed by atoms with Gasteiger partial charge in [0.2, 0.25) is 0 Å². The lowest BCUT2D eigenvalue weighted by Gasteiger charge is -2.32. The first-order chi connectivity index (χ1) is 8.57. The van der Waals surface area contributed by atoms with Crippen molar-refractivity contribution in [2.24, 2.45) is 0 Å². The number of nitrogens with zero attached hydrogens (tertiary/aromatic N) is 2. The van der Waals surface area contributed by atoms with Crippen LogP contribution in [0.25, 0.3) is 0 Å². The molecule has 0 aromatic carbocycles. The van der Waals surface area contributed by atoms with E-state index in [1.807, 2.05) is 13.8 Å². The molecule has 1 atom stereocenters. The zero-order chi connectivity index (χ0) is 13.2. The maximum absolute atomic E-state index is 11.0. The second kappa shape index (κ2) is 5.02. The molecule has 0 saturated carbocycles. The number of aromatic nitrogens is 2. The monoisotopic (exact) mass is 250 g/mol. The van der Waals surface area contributed by atoms with E-state index in [-0.39, 0.29) is 5.56 Å². The molecule has 5 heteroatoms. The maximum atomic E-state index is 11.0. The number of carboxylic acid groups (broad SMARTS) is 1. The van der Waals surface area contributed by atoms with E-state index < -0.39 is 11.6 Å². The Morgan fingerprint density at radius 1 is 1.56 bits per heavy atom. The standard InChI is InChI=1S/C13H18N2O3/c1-3-10-9(11(16)17)8-14-12(15-10)13(2)6-4-5-7-18-13/h8H,3-7H2,1-2H3,(H,16,17). The highest BCUT2D eigenvalue weighted by Gasteiger charge is 2.33. The highest BCUT2D eigenvalue weighted by molar-refractivity contribution is 5.88. The second-order valence-electron chi connectivity index (χ2n) is 4.75. The molecule has 1 N–H and O–H groups in total. The van der Waals surface area contributed by atoms with Crippen molar-refractivity contribution in [3.63, 3.8) is 0 Å². The Balaban J connectivity index is 2.37. The summed E-state index contributed by atoms with van der Waals surface area (Å²) in [6.07, 6.45) is 4.99. The molecule has 1 aliphatic rings. The zero-order valence-electron chi connectivity index (χ0n) is 10.8. The first-order valence-corrected chi connectivity index (χ1v) is 6.30. The van der Waals surface area contributed by atoms with Gasteiger partial charge >= 0.3 is 5.97 Å². The normalized spacial score (nSPS) is 23.9. The van der Waals surface area contributed by atoms with Gasteiger partial charge < -0.3 is 9.84 Å². The van der Waals surface area contributed by atoms with Crippen LogP contribution in [0.2, 0.25) is 0 Å². The van der Waals surface area contributed by atoms with Crippen LogP contribution >= 0.6 is 0 Å². The highest BCUT2D eigenvalue weighted by atomic mass is 16.5. The number of rotatable bonds is 3. The molecule has 0 amide bonds. The van der Waals surface area contributed by atoms with Crippen LogP contribution in [-0.2, 0) is 16.8 Å². The predicted molar refractivity (Wildman–Crippen MR) is 65.5 cm³/mol. The van der Waals surface area contributed by atoms with E-state index in [2.05, 4.69) is 9.97 Å². The molecule has 0 spiro atoms. The number of aryl methyl sites for hydroxylation is 1. The van der Waals surface area contributed by atoms with Gasteiger partial charge in [0.25, 0.3) is 0 Å². The lowest BCUT2D eigenvalue weighted by atomic mass is 9.94. The quantitative estimate of drug-likeness (QED) is 0.889. The molecule has 1 aromatic heterocycles. The fourth-order valence-electron chi connectivity index (χ4n) is 2.23. The molecule has 1 fully saturated rings. The number of ether oxygens (including phenoxy) is 1. The average molecular weight is 250 g/mol. The third-order valence-corrected chi connectivity index (χ3v) is 3.37. The number of carbonyl (C=O) groups is 1. The van der Waals surface area contributed by atoms with Crippen molar-refractivity contribution in [3.05, 3.63) is 23.3 Å². The minimum Gasteiger partial charge on any atom is -0.478 e. The van der Waals surface area contributed by atoms with Crippen LogP contribution in [0.3, 0.4) is 0 Å². The molecule has 0 aliphatic carbocycles. The molecule has 1 saturated heterocycles. The summed E-state index contributed by atoms with van der Waals surface area (Å²) in [6, 6.07) is 0. The van der Waals surface area contributed by atoms with Gasteiger partial charge in [0.05, 0.1) is 11.3 Å². The van der Waals surface area contributed by atoms with Gasteiger partial charge in [0, 0.05) is 12.8 Å². The Labute approximate surface area is 106 Å². The summed E-state index contributed by atoms with van der Waals surface area (Å²) in [5.74, 6) is -0.378. The number of hydrogen-bond donors (Lipinski definition) is 1. The summed E-state index contributed by atoms with van der Waals surface area (Å²) in [5, 5.41) is 9.05. The second-order valence-corrected chi connectivity index (χ2v) is 4.75. The van der Waals surface area contributed by atoms with Gasteiger partial charge in [0.15, 0.2) is 5.82 Å². The fourth-order valence-corrected chi connectivity index (χ4v) is 2.23. The van der Waals surface area contributed by atoms with E-state index in [9.17, 15) is 4.79 Å². The smallest absolute Gasteiger partial charge is 0.339 e. The molecule has 1 aliphatic heterocycles. The van der Waals surface area contributed by atoms with Crippen LogP contribution in [0.15, 0.2) is 6.20 Å².